The first-order valence-corrected chi connectivity index (χ1v) is 16.8. The number of anilines is 1. The van der Waals surface area contributed by atoms with Gasteiger partial charge in [0.25, 0.3) is 11.5 Å². The summed E-state index contributed by atoms with van der Waals surface area (Å²) in [7, 11) is 3.27. The van der Waals surface area contributed by atoms with Crippen molar-refractivity contribution < 1.29 is 28.7 Å². The number of amides is 3. The summed E-state index contributed by atoms with van der Waals surface area (Å²) in [5.41, 5.74) is 1.03. The monoisotopic (exact) mass is 675 g/mol. The van der Waals surface area contributed by atoms with Gasteiger partial charge in [0.2, 0.25) is 5.91 Å². The van der Waals surface area contributed by atoms with E-state index in [2.05, 4.69) is 19.2 Å². The van der Waals surface area contributed by atoms with Crippen LogP contribution in [0.3, 0.4) is 0 Å². The molecule has 12 heteroatoms. The second-order valence-electron chi connectivity index (χ2n) is 14.0. The molecular weight excluding hydrogens is 626 g/mol. The van der Waals surface area contributed by atoms with E-state index >= 15 is 0 Å². The lowest BCUT2D eigenvalue weighted by Crippen LogP contribution is -2.39. The summed E-state index contributed by atoms with van der Waals surface area (Å²) in [6.45, 7) is 10.8. The van der Waals surface area contributed by atoms with Gasteiger partial charge in [0.05, 0.1) is 17.8 Å². The van der Waals surface area contributed by atoms with Gasteiger partial charge in [0, 0.05) is 38.8 Å². The predicted molar refractivity (Wildman–Crippen MR) is 189 cm³/mol. The van der Waals surface area contributed by atoms with Gasteiger partial charge < -0.3 is 29.2 Å². The largest absolute Gasteiger partial charge is 0.443 e. The van der Waals surface area contributed by atoms with Crippen LogP contribution in [0.1, 0.15) is 71.6 Å². The first-order valence-electron chi connectivity index (χ1n) is 16.8. The maximum atomic E-state index is 13.8. The molecule has 0 radical (unpaired) electrons. The number of likely N-dealkylation sites (N-methyl/N-ethyl adjacent to an activating group) is 1. The second kappa shape index (κ2) is 16.0. The Kier molecular flexibility index (Phi) is 12.1. The SMILES string of the molecule is CC(C)Cc1cccc2cc(Cn3cccc(NC(=O)[C@H](CC/C=C/C(=O)N(C)C)OC(=O)N4CCCC4)c3=O)n(C(=O)OC(C)(C)C)c12. The minimum Gasteiger partial charge on any atom is -0.443 e. The number of aromatic nitrogens is 2. The molecular formula is C37H49N5O7. The Hall–Kier alpha value is -4.87. The smallest absolute Gasteiger partial charge is 0.419 e. The molecule has 3 aromatic rings. The third-order valence-electron chi connectivity index (χ3n) is 7.99. The fourth-order valence-corrected chi connectivity index (χ4v) is 5.69. The highest BCUT2D eigenvalue weighted by Crippen LogP contribution is 2.27. The number of allylic oxidation sites excluding steroid dienone is 1. The van der Waals surface area contributed by atoms with Gasteiger partial charge in [-0.05, 0) is 88.6 Å². The van der Waals surface area contributed by atoms with Crippen molar-refractivity contribution in [2.75, 3.05) is 32.5 Å². The molecule has 4 rings (SSSR count). The molecule has 1 atom stereocenters. The van der Waals surface area contributed by atoms with Gasteiger partial charge in [-0.15, -0.1) is 0 Å². The molecule has 2 aromatic heterocycles. The van der Waals surface area contributed by atoms with Crippen LogP contribution in [-0.4, -0.2) is 81.8 Å². The molecule has 3 heterocycles. The van der Waals surface area contributed by atoms with E-state index in [1.54, 1.807) is 62.7 Å². The number of carbonyl (C=O) groups excluding carboxylic acids is 4. The van der Waals surface area contributed by atoms with Crippen molar-refractivity contribution in [1.82, 2.24) is 18.9 Å². The summed E-state index contributed by atoms with van der Waals surface area (Å²) >= 11 is 0. The maximum absolute atomic E-state index is 13.8. The number of hydrogen-bond acceptors (Lipinski definition) is 7. The molecule has 12 nitrogen and oxygen atoms in total. The molecule has 0 saturated carbocycles. The number of nitrogens with one attached hydrogen (secondary N) is 1. The molecule has 0 bridgehead atoms. The number of rotatable bonds is 11. The van der Waals surface area contributed by atoms with Gasteiger partial charge in [0.1, 0.15) is 11.3 Å². The number of likely N-dealkylation sites (tertiary alicyclic amines) is 1. The van der Waals surface area contributed by atoms with Crippen molar-refractivity contribution in [3.8, 4) is 0 Å². The fourth-order valence-electron chi connectivity index (χ4n) is 5.69. The number of hydrogen-bond donors (Lipinski definition) is 1. The van der Waals surface area contributed by atoms with E-state index in [4.69, 9.17) is 9.47 Å². The van der Waals surface area contributed by atoms with Crippen LogP contribution in [0.2, 0.25) is 0 Å². The van der Waals surface area contributed by atoms with Crippen LogP contribution in [0.25, 0.3) is 10.9 Å². The summed E-state index contributed by atoms with van der Waals surface area (Å²) in [6, 6.07) is 10.9. The van der Waals surface area contributed by atoms with E-state index in [1.807, 2.05) is 24.3 Å². The van der Waals surface area contributed by atoms with Crippen LogP contribution < -0.4 is 10.9 Å². The Morgan fingerprint density at radius 3 is 2.39 bits per heavy atom. The van der Waals surface area contributed by atoms with Crippen LogP contribution in [0.15, 0.2) is 59.5 Å². The number of benzene rings is 1. The molecule has 0 aliphatic carbocycles. The summed E-state index contributed by atoms with van der Waals surface area (Å²) < 4.78 is 14.4. The minimum atomic E-state index is -1.20. The van der Waals surface area contributed by atoms with Crippen molar-refractivity contribution in [2.24, 2.45) is 5.92 Å². The van der Waals surface area contributed by atoms with E-state index < -0.39 is 35.4 Å². The van der Waals surface area contributed by atoms with Gasteiger partial charge in [-0.3, -0.25) is 14.4 Å². The predicted octanol–water partition coefficient (Wildman–Crippen LogP) is 5.80. The molecule has 1 saturated heterocycles. The molecule has 0 unspecified atom stereocenters. The highest BCUT2D eigenvalue weighted by Gasteiger charge is 2.28. The second-order valence-corrected chi connectivity index (χ2v) is 14.0. The number of para-hydroxylation sites is 1. The number of fused-ring (bicyclic) bond motifs is 1. The topological polar surface area (TPSA) is 132 Å². The Labute approximate surface area is 287 Å². The van der Waals surface area contributed by atoms with Crippen LogP contribution in [0.4, 0.5) is 15.3 Å². The van der Waals surface area contributed by atoms with E-state index in [0.717, 1.165) is 35.7 Å². The Morgan fingerprint density at radius 1 is 1.02 bits per heavy atom. The van der Waals surface area contributed by atoms with Crippen molar-refractivity contribution in [3.05, 3.63) is 76.4 Å². The third kappa shape index (κ3) is 9.84. The zero-order valence-electron chi connectivity index (χ0n) is 29.7. The van der Waals surface area contributed by atoms with Crippen LogP contribution in [0, 0.1) is 5.92 Å². The lowest BCUT2D eigenvalue weighted by molar-refractivity contribution is -0.125. The summed E-state index contributed by atoms with van der Waals surface area (Å²) in [5.74, 6) is -0.522. The van der Waals surface area contributed by atoms with Crippen LogP contribution in [0.5, 0.6) is 0 Å². The van der Waals surface area contributed by atoms with Gasteiger partial charge in [0.15, 0.2) is 6.10 Å². The fraction of sp³-hybridized carbons (Fsp3) is 0.486. The molecule has 1 N–H and O–H groups in total. The molecule has 1 aliphatic rings. The van der Waals surface area contributed by atoms with Crippen molar-refractivity contribution in [3.63, 3.8) is 0 Å². The minimum absolute atomic E-state index is 0.00604. The molecule has 264 valence electrons. The first-order chi connectivity index (χ1) is 23.1. The van der Waals surface area contributed by atoms with Crippen molar-refractivity contribution >= 4 is 40.6 Å². The average molecular weight is 676 g/mol. The first kappa shape index (κ1) is 37.0. The van der Waals surface area contributed by atoms with Crippen LogP contribution >= 0.6 is 0 Å². The normalized spacial score (nSPS) is 14.0. The highest BCUT2D eigenvalue weighted by molar-refractivity contribution is 5.95. The molecule has 3 amide bonds. The van der Waals surface area contributed by atoms with E-state index in [0.29, 0.717) is 24.7 Å². The summed E-state index contributed by atoms with van der Waals surface area (Å²) in [4.78, 5) is 68.7. The summed E-state index contributed by atoms with van der Waals surface area (Å²) in [5, 5.41) is 3.51. The average Bonchev–Trinajstić information content (AvgIpc) is 3.68. The summed E-state index contributed by atoms with van der Waals surface area (Å²) in [6.07, 6.45) is 5.13. The number of pyridine rings is 1. The quantitative estimate of drug-likeness (QED) is 0.254. The van der Waals surface area contributed by atoms with E-state index in [-0.39, 0.29) is 31.0 Å². The van der Waals surface area contributed by atoms with Gasteiger partial charge in [-0.25, -0.2) is 14.2 Å². The molecule has 1 fully saturated rings. The van der Waals surface area contributed by atoms with Crippen LogP contribution in [-0.2, 0) is 32.0 Å². The van der Waals surface area contributed by atoms with E-state index in [1.165, 1.54) is 21.6 Å². The molecule has 49 heavy (non-hydrogen) atoms. The highest BCUT2D eigenvalue weighted by atomic mass is 16.6. The van der Waals surface area contributed by atoms with Gasteiger partial charge in [-0.2, -0.15) is 0 Å². The molecule has 0 spiro atoms. The standard InChI is InChI=1S/C37H49N5O7/c1-25(2)22-26-14-12-15-27-23-28(42(32(26)27)36(47)49-37(3,4)5)24-41-21-13-16-29(34(41)45)38-33(44)30(17-8-9-18-31(43)39(6)7)48-35(46)40-19-10-11-20-40/h9,12-16,18,21,23,25,30H,8,10-11,17,19-20,22,24H2,1-7H3,(H,38,44)/b18-9+/t30-/m0/s1. The van der Waals surface area contributed by atoms with E-state index in [9.17, 15) is 24.0 Å². The number of ether oxygens (including phenoxy) is 2. The third-order valence-corrected chi connectivity index (χ3v) is 7.99. The lowest BCUT2D eigenvalue weighted by atomic mass is 10.0. The zero-order chi connectivity index (χ0) is 35.9. The Morgan fingerprint density at radius 2 is 1.73 bits per heavy atom. The Bertz CT molecular complexity index is 1760. The lowest BCUT2D eigenvalue weighted by Gasteiger charge is -2.22. The van der Waals surface area contributed by atoms with Gasteiger partial charge in [-0.1, -0.05) is 38.1 Å². The van der Waals surface area contributed by atoms with Gasteiger partial charge >= 0.3 is 12.2 Å². The zero-order valence-corrected chi connectivity index (χ0v) is 29.7. The molecule has 1 aliphatic heterocycles. The Balaban J connectivity index is 1.62. The van der Waals surface area contributed by atoms with Crippen molar-refractivity contribution in [2.45, 2.75) is 85.0 Å². The molecule has 1 aromatic carbocycles. The van der Waals surface area contributed by atoms with Crippen molar-refractivity contribution in [1.29, 1.82) is 0 Å². The maximum Gasteiger partial charge on any atom is 0.419 e. The number of nitrogens with zero attached hydrogens (tertiary/aromatic N) is 4. The number of carbonyl (C=O) groups is 4.